The number of rotatable bonds is 9. The number of nitro groups is 1. The van der Waals surface area contributed by atoms with Gasteiger partial charge in [-0.1, -0.05) is 32.0 Å². The van der Waals surface area contributed by atoms with Crippen molar-refractivity contribution in [3.63, 3.8) is 0 Å². The molecule has 2 rings (SSSR count). The van der Waals surface area contributed by atoms with Crippen LogP contribution in [0.15, 0.2) is 23.4 Å². The third-order valence-corrected chi connectivity index (χ3v) is 5.05. The maximum atomic E-state index is 11.8. The van der Waals surface area contributed by atoms with Crippen molar-refractivity contribution >= 4 is 29.2 Å². The molecule has 2 N–H and O–H groups in total. The predicted octanol–water partition coefficient (Wildman–Crippen LogP) is 3.99. The van der Waals surface area contributed by atoms with E-state index in [-0.39, 0.29) is 28.5 Å². The van der Waals surface area contributed by atoms with Gasteiger partial charge in [0, 0.05) is 0 Å². The second-order valence-corrected chi connectivity index (χ2v) is 7.28. The van der Waals surface area contributed by atoms with Crippen LogP contribution in [0, 0.1) is 34.3 Å². The summed E-state index contributed by atoms with van der Waals surface area (Å²) in [5, 5.41) is 33.2. The van der Waals surface area contributed by atoms with Gasteiger partial charge in [-0.25, -0.2) is 4.79 Å². The second-order valence-electron chi connectivity index (χ2n) is 6.51. The maximum absolute atomic E-state index is 11.8. The molecule has 1 aromatic carbocycles. The number of nitriles is 1. The number of thioether (sulfide) groups is 1. The summed E-state index contributed by atoms with van der Waals surface area (Å²) in [6.45, 7) is 5.26. The minimum Gasteiger partial charge on any atom is -0.480 e. The summed E-state index contributed by atoms with van der Waals surface area (Å²) in [7, 11) is 0. The van der Waals surface area contributed by atoms with Gasteiger partial charge in [0.25, 0.3) is 0 Å². The highest BCUT2D eigenvalue weighted by molar-refractivity contribution is 7.98. The minimum atomic E-state index is -1.15. The fourth-order valence-electron chi connectivity index (χ4n) is 2.61. The van der Waals surface area contributed by atoms with Gasteiger partial charge in [-0.3, -0.25) is 10.1 Å². The number of nitrogens with one attached hydrogen (secondary N) is 1. The lowest BCUT2D eigenvalue weighted by molar-refractivity contribution is -0.385. The Labute approximate surface area is 177 Å². The van der Waals surface area contributed by atoms with Gasteiger partial charge < -0.3 is 15.2 Å². The molecule has 0 aliphatic heterocycles. The van der Waals surface area contributed by atoms with Crippen molar-refractivity contribution in [1.29, 1.82) is 5.26 Å². The van der Waals surface area contributed by atoms with E-state index >= 15 is 0 Å². The summed E-state index contributed by atoms with van der Waals surface area (Å²) < 4.78 is 5.66. The summed E-state index contributed by atoms with van der Waals surface area (Å²) in [5.41, 5.74) is 0.520. The molecule has 0 saturated carbocycles. The van der Waals surface area contributed by atoms with Crippen molar-refractivity contribution in [3.05, 3.63) is 39.4 Å². The zero-order chi connectivity index (χ0) is 22.4. The van der Waals surface area contributed by atoms with E-state index < -0.39 is 22.6 Å². The molecule has 10 nitrogen and oxygen atoms in total. The summed E-state index contributed by atoms with van der Waals surface area (Å²) in [6, 6.07) is 5.56. The highest BCUT2D eigenvalue weighted by Gasteiger charge is 2.32. The normalized spacial score (nSPS) is 12.5. The monoisotopic (exact) mass is 431 g/mol. The smallest absolute Gasteiger partial charge is 0.373 e. The molecule has 158 valence electrons. The number of ether oxygens (including phenoxy) is 1. The Morgan fingerprint density at radius 3 is 2.67 bits per heavy atom. The molecular formula is C19H21N5O5S. The molecule has 0 amide bonds. The van der Waals surface area contributed by atoms with Gasteiger partial charge in [-0.05, 0) is 42.9 Å². The quantitative estimate of drug-likeness (QED) is 0.258. The van der Waals surface area contributed by atoms with Gasteiger partial charge in [-0.15, -0.1) is 0 Å². The number of aryl methyl sites for hydroxylation is 1. The summed E-state index contributed by atoms with van der Waals surface area (Å²) in [4.78, 5) is 31.0. The molecule has 0 aliphatic carbocycles. The molecule has 30 heavy (non-hydrogen) atoms. The number of carboxylic acids is 1. The van der Waals surface area contributed by atoms with E-state index in [9.17, 15) is 20.0 Å². The molecule has 1 heterocycles. The number of nitrogens with zero attached hydrogens (tertiary/aromatic N) is 4. The Bertz CT molecular complexity index is 1010. The Balaban J connectivity index is 2.56. The third kappa shape index (κ3) is 5.15. The number of anilines is 1. The summed E-state index contributed by atoms with van der Waals surface area (Å²) >= 11 is 1.13. The number of carboxylic acid groups (broad SMARTS) is 1. The maximum Gasteiger partial charge on any atom is 0.373 e. The lowest BCUT2D eigenvalue weighted by atomic mass is 9.99. The van der Waals surface area contributed by atoms with Crippen molar-refractivity contribution in [3.8, 4) is 17.7 Å². The highest BCUT2D eigenvalue weighted by Crippen LogP contribution is 2.37. The number of aromatic nitrogens is 2. The zero-order valence-corrected chi connectivity index (χ0v) is 17.7. The van der Waals surface area contributed by atoms with Crippen LogP contribution in [-0.2, 0) is 4.79 Å². The van der Waals surface area contributed by atoms with Crippen LogP contribution in [0.5, 0.6) is 11.6 Å². The van der Waals surface area contributed by atoms with E-state index in [4.69, 9.17) is 10.00 Å². The van der Waals surface area contributed by atoms with Crippen LogP contribution in [0.4, 0.5) is 11.5 Å². The minimum absolute atomic E-state index is 0.178. The van der Waals surface area contributed by atoms with Gasteiger partial charge in [0.2, 0.25) is 5.82 Å². The van der Waals surface area contributed by atoms with Crippen LogP contribution in [0.2, 0.25) is 0 Å². The van der Waals surface area contributed by atoms with Crippen LogP contribution in [0.1, 0.15) is 31.4 Å². The molecule has 11 heteroatoms. The van der Waals surface area contributed by atoms with Gasteiger partial charge in [0.15, 0.2) is 5.16 Å². The standard InChI is InChI=1S/C19H21N5O5S/c1-5-10(2)14(18(25)26)21-16-15(24(27)28)17(23-19(22-16)30-4)29-13-7-6-12(9-20)11(3)8-13/h6-8,10,14H,5H2,1-4H3,(H,25,26)(H,21,22,23). The number of benzene rings is 1. The SMILES string of the molecule is CCC(C)C(Nc1nc(SC)nc(Oc2ccc(C#N)c(C)c2)c1[N+](=O)[O-])C(=O)O. The first-order chi connectivity index (χ1) is 14.2. The first-order valence-corrected chi connectivity index (χ1v) is 10.2. The Kier molecular flexibility index (Phi) is 7.54. The van der Waals surface area contributed by atoms with E-state index in [1.54, 1.807) is 26.2 Å². The number of carbonyl (C=O) groups is 1. The van der Waals surface area contributed by atoms with Crippen LogP contribution >= 0.6 is 11.8 Å². The lowest BCUT2D eigenvalue weighted by Crippen LogP contribution is -2.36. The van der Waals surface area contributed by atoms with Crippen molar-refractivity contribution in [2.45, 2.75) is 38.4 Å². The molecule has 0 aliphatic rings. The van der Waals surface area contributed by atoms with E-state index in [1.807, 2.05) is 13.0 Å². The Hall–Kier alpha value is -3.39. The average Bonchev–Trinajstić information content (AvgIpc) is 2.70. The van der Waals surface area contributed by atoms with E-state index in [2.05, 4.69) is 15.3 Å². The van der Waals surface area contributed by atoms with E-state index in [0.717, 1.165) is 11.8 Å². The molecule has 2 aromatic rings. The topological polar surface area (TPSA) is 151 Å². The molecule has 2 atom stereocenters. The largest absolute Gasteiger partial charge is 0.480 e. The Morgan fingerprint density at radius 2 is 2.17 bits per heavy atom. The van der Waals surface area contributed by atoms with Crippen LogP contribution in [0.25, 0.3) is 0 Å². The second kappa shape index (κ2) is 9.89. The fraction of sp³-hybridized carbons (Fsp3) is 0.368. The van der Waals surface area contributed by atoms with E-state index in [1.165, 1.54) is 12.1 Å². The molecule has 1 aromatic heterocycles. The lowest BCUT2D eigenvalue weighted by Gasteiger charge is -2.21. The number of hydrogen-bond acceptors (Lipinski definition) is 9. The van der Waals surface area contributed by atoms with Crippen LogP contribution in [-0.4, -0.2) is 38.3 Å². The van der Waals surface area contributed by atoms with Crippen molar-refractivity contribution < 1.29 is 19.6 Å². The van der Waals surface area contributed by atoms with Gasteiger partial charge in [0.1, 0.15) is 11.8 Å². The summed E-state index contributed by atoms with van der Waals surface area (Å²) in [6.07, 6.45) is 2.23. The first kappa shape index (κ1) is 22.9. The van der Waals surface area contributed by atoms with Crippen LogP contribution in [0.3, 0.4) is 0 Å². The highest BCUT2D eigenvalue weighted by atomic mass is 32.2. The number of aliphatic carboxylic acids is 1. The molecule has 0 radical (unpaired) electrons. The molecule has 0 saturated heterocycles. The van der Waals surface area contributed by atoms with Gasteiger partial charge >= 0.3 is 17.5 Å². The van der Waals surface area contributed by atoms with E-state index in [0.29, 0.717) is 17.5 Å². The molecule has 0 fully saturated rings. The Morgan fingerprint density at radius 1 is 1.47 bits per heavy atom. The van der Waals surface area contributed by atoms with Gasteiger partial charge in [0.05, 0.1) is 16.6 Å². The van der Waals surface area contributed by atoms with Crippen LogP contribution < -0.4 is 10.1 Å². The zero-order valence-electron chi connectivity index (χ0n) is 16.9. The predicted molar refractivity (Wildman–Crippen MR) is 111 cm³/mol. The third-order valence-electron chi connectivity index (χ3n) is 4.50. The summed E-state index contributed by atoms with van der Waals surface area (Å²) in [5.74, 6) is -1.75. The molecular weight excluding hydrogens is 410 g/mol. The van der Waals surface area contributed by atoms with Gasteiger partial charge in [-0.2, -0.15) is 15.2 Å². The first-order valence-electron chi connectivity index (χ1n) is 9.00. The van der Waals surface area contributed by atoms with Crippen molar-refractivity contribution in [2.24, 2.45) is 5.92 Å². The fourth-order valence-corrected chi connectivity index (χ4v) is 2.97. The number of hydrogen-bond donors (Lipinski definition) is 2. The average molecular weight is 431 g/mol. The molecule has 2 unspecified atom stereocenters. The van der Waals surface area contributed by atoms with Crippen molar-refractivity contribution in [1.82, 2.24) is 9.97 Å². The molecule has 0 bridgehead atoms. The molecule has 0 spiro atoms. The van der Waals surface area contributed by atoms with Crippen molar-refractivity contribution in [2.75, 3.05) is 11.6 Å².